The zero-order valence-corrected chi connectivity index (χ0v) is 6.87. The first-order valence-electron chi connectivity index (χ1n) is 3.17. The zero-order chi connectivity index (χ0) is 8.97. The molecule has 0 radical (unpaired) electrons. The van der Waals surface area contributed by atoms with Crippen molar-refractivity contribution in [3.05, 3.63) is 16.3 Å². The average molecular weight is 189 g/mol. The molecule has 0 unspecified atom stereocenters. The highest BCUT2D eigenvalue weighted by atomic mass is 32.2. The Hall–Kier alpha value is -1.08. The quantitative estimate of drug-likeness (QED) is 0.406. The summed E-state index contributed by atoms with van der Waals surface area (Å²) in [5, 5.41) is 24.6. The Morgan fingerprint density at radius 2 is 2.58 bits per heavy atom. The molecule has 0 aliphatic heterocycles. The highest BCUT2D eigenvalue weighted by Crippen LogP contribution is 2.25. The molecule has 1 rings (SSSR count). The van der Waals surface area contributed by atoms with Gasteiger partial charge in [-0.25, -0.2) is 0 Å². The summed E-state index contributed by atoms with van der Waals surface area (Å²) in [5.41, 5.74) is 0. The molecule has 1 aromatic heterocycles. The Morgan fingerprint density at radius 3 is 3.17 bits per heavy atom. The summed E-state index contributed by atoms with van der Waals surface area (Å²) in [7, 11) is 0. The first-order valence-corrected chi connectivity index (χ1v) is 4.15. The van der Waals surface area contributed by atoms with Crippen LogP contribution >= 0.6 is 11.8 Å². The third-order valence-corrected chi connectivity index (χ3v) is 2.11. The molecule has 0 fully saturated rings. The van der Waals surface area contributed by atoms with E-state index in [2.05, 4.69) is 10.2 Å². The molecule has 7 heteroatoms. The average Bonchev–Trinajstić information content (AvgIpc) is 2.48. The van der Waals surface area contributed by atoms with E-state index in [4.69, 9.17) is 5.11 Å². The van der Waals surface area contributed by atoms with Crippen LogP contribution in [0.5, 0.6) is 0 Å². The number of aromatic amines is 1. The van der Waals surface area contributed by atoms with Gasteiger partial charge in [0.15, 0.2) is 0 Å². The van der Waals surface area contributed by atoms with E-state index in [9.17, 15) is 10.1 Å². The van der Waals surface area contributed by atoms with Crippen molar-refractivity contribution in [2.45, 2.75) is 4.90 Å². The van der Waals surface area contributed by atoms with Gasteiger partial charge < -0.3 is 15.2 Å². The fourth-order valence-electron chi connectivity index (χ4n) is 0.660. The maximum absolute atomic E-state index is 10.3. The minimum absolute atomic E-state index is 0.00694. The lowest BCUT2D eigenvalue weighted by Crippen LogP contribution is -1.91. The van der Waals surface area contributed by atoms with Crippen molar-refractivity contribution in [2.24, 2.45) is 0 Å². The van der Waals surface area contributed by atoms with E-state index >= 15 is 0 Å². The van der Waals surface area contributed by atoms with Gasteiger partial charge >= 0.3 is 5.82 Å². The van der Waals surface area contributed by atoms with Crippen LogP contribution < -0.4 is 0 Å². The standard InChI is InChI=1S/C5H7N3O3S/c9-1-2-12-4-3-6-7-5(4)8(10)11/h3,9H,1-2H2,(H,6,7). The lowest BCUT2D eigenvalue weighted by molar-refractivity contribution is -0.392. The monoisotopic (exact) mass is 189 g/mol. The lowest BCUT2D eigenvalue weighted by Gasteiger charge is -1.94. The minimum atomic E-state index is -0.535. The van der Waals surface area contributed by atoms with Gasteiger partial charge in [-0.2, -0.15) is 0 Å². The van der Waals surface area contributed by atoms with Gasteiger partial charge in [-0.1, -0.05) is 5.10 Å². The summed E-state index contributed by atoms with van der Waals surface area (Å²) >= 11 is 1.20. The van der Waals surface area contributed by atoms with E-state index in [1.165, 1.54) is 18.0 Å². The highest BCUT2D eigenvalue weighted by molar-refractivity contribution is 7.99. The van der Waals surface area contributed by atoms with Crippen LogP contribution in [-0.4, -0.2) is 32.6 Å². The van der Waals surface area contributed by atoms with E-state index in [0.717, 1.165) is 0 Å². The molecule has 0 saturated carbocycles. The second kappa shape index (κ2) is 4.07. The van der Waals surface area contributed by atoms with Crippen LogP contribution in [-0.2, 0) is 0 Å². The normalized spacial score (nSPS) is 10.1. The number of thioether (sulfide) groups is 1. The number of nitrogens with zero attached hydrogens (tertiary/aromatic N) is 2. The molecule has 6 nitrogen and oxygen atoms in total. The van der Waals surface area contributed by atoms with E-state index < -0.39 is 4.92 Å². The minimum Gasteiger partial charge on any atom is -0.396 e. The van der Waals surface area contributed by atoms with Crippen molar-refractivity contribution >= 4 is 17.6 Å². The van der Waals surface area contributed by atoms with Crippen LogP contribution in [0.2, 0.25) is 0 Å². The molecule has 0 aromatic carbocycles. The summed E-state index contributed by atoms with van der Waals surface area (Å²) in [6, 6.07) is 0. The zero-order valence-electron chi connectivity index (χ0n) is 6.06. The van der Waals surface area contributed by atoms with Crippen molar-refractivity contribution in [2.75, 3.05) is 12.4 Å². The van der Waals surface area contributed by atoms with Gasteiger partial charge in [0.2, 0.25) is 0 Å². The number of nitro groups is 1. The fourth-order valence-corrected chi connectivity index (χ4v) is 1.36. The molecule has 2 N–H and O–H groups in total. The molecule has 1 aromatic rings. The Morgan fingerprint density at radius 1 is 1.83 bits per heavy atom. The molecule has 0 aliphatic rings. The van der Waals surface area contributed by atoms with Gasteiger partial charge in [0, 0.05) is 5.75 Å². The molecule has 1 heterocycles. The summed E-state index contributed by atoms with van der Waals surface area (Å²) in [6.45, 7) is -0.00694. The molecular weight excluding hydrogens is 182 g/mol. The fraction of sp³-hybridized carbons (Fsp3) is 0.400. The molecule has 12 heavy (non-hydrogen) atoms. The molecule has 0 spiro atoms. The van der Waals surface area contributed by atoms with E-state index in [-0.39, 0.29) is 12.4 Å². The summed E-state index contributed by atoms with van der Waals surface area (Å²) in [6.07, 6.45) is 1.37. The number of hydrogen-bond acceptors (Lipinski definition) is 5. The molecule has 0 bridgehead atoms. The van der Waals surface area contributed by atoms with Crippen LogP contribution in [0.4, 0.5) is 5.82 Å². The second-order valence-corrected chi connectivity index (χ2v) is 3.05. The van der Waals surface area contributed by atoms with Gasteiger partial charge in [0.1, 0.15) is 4.90 Å². The van der Waals surface area contributed by atoms with Crippen LogP contribution in [0.1, 0.15) is 0 Å². The third kappa shape index (κ3) is 1.95. The van der Waals surface area contributed by atoms with E-state index in [0.29, 0.717) is 10.6 Å². The number of nitrogens with one attached hydrogen (secondary N) is 1. The number of hydrogen-bond donors (Lipinski definition) is 2. The number of aromatic nitrogens is 2. The lowest BCUT2D eigenvalue weighted by atomic mass is 10.6. The van der Waals surface area contributed by atoms with E-state index in [1.807, 2.05) is 0 Å². The van der Waals surface area contributed by atoms with E-state index in [1.54, 1.807) is 0 Å². The van der Waals surface area contributed by atoms with Gasteiger partial charge in [-0.05, 0) is 4.92 Å². The Balaban J connectivity index is 2.70. The SMILES string of the molecule is O=[N+]([O-])c1[nH]ncc1SCCO. The second-order valence-electron chi connectivity index (χ2n) is 1.91. The third-order valence-electron chi connectivity index (χ3n) is 1.12. The molecular formula is C5H7N3O3S. The maximum atomic E-state index is 10.3. The largest absolute Gasteiger partial charge is 0.396 e. The van der Waals surface area contributed by atoms with Gasteiger partial charge in [0.05, 0.1) is 12.8 Å². The Kier molecular flexibility index (Phi) is 3.06. The van der Waals surface area contributed by atoms with Crippen molar-refractivity contribution in [1.29, 1.82) is 0 Å². The Labute approximate surface area is 72.1 Å². The first kappa shape index (κ1) is 9.01. The number of H-pyrrole nitrogens is 1. The number of aliphatic hydroxyl groups is 1. The van der Waals surface area contributed by atoms with Crippen molar-refractivity contribution in [1.82, 2.24) is 10.2 Å². The predicted molar refractivity (Wildman–Crippen MR) is 43.1 cm³/mol. The van der Waals surface area contributed by atoms with Crippen LogP contribution in [0.3, 0.4) is 0 Å². The van der Waals surface area contributed by atoms with Gasteiger partial charge in [-0.15, -0.1) is 16.9 Å². The molecule has 0 amide bonds. The highest BCUT2D eigenvalue weighted by Gasteiger charge is 2.14. The molecule has 0 atom stereocenters. The van der Waals surface area contributed by atoms with Crippen molar-refractivity contribution in [3.63, 3.8) is 0 Å². The number of aliphatic hydroxyl groups excluding tert-OH is 1. The van der Waals surface area contributed by atoms with Gasteiger partial charge in [-0.3, -0.25) is 0 Å². The van der Waals surface area contributed by atoms with Gasteiger partial charge in [0.25, 0.3) is 0 Å². The summed E-state index contributed by atoms with van der Waals surface area (Å²) in [4.78, 5) is 10.2. The van der Waals surface area contributed by atoms with Crippen LogP contribution in [0.15, 0.2) is 11.1 Å². The topological polar surface area (TPSA) is 92.0 Å². The smallest absolute Gasteiger partial charge is 0.356 e. The maximum Gasteiger partial charge on any atom is 0.356 e. The van der Waals surface area contributed by atoms with Crippen LogP contribution in [0, 0.1) is 10.1 Å². The predicted octanol–water partition coefficient (Wildman–Crippen LogP) is 0.402. The Bertz CT molecular complexity index is 275. The van der Waals surface area contributed by atoms with Crippen LogP contribution in [0.25, 0.3) is 0 Å². The summed E-state index contributed by atoms with van der Waals surface area (Å²) < 4.78 is 0. The van der Waals surface area contributed by atoms with Crippen molar-refractivity contribution in [3.8, 4) is 0 Å². The molecule has 0 aliphatic carbocycles. The molecule has 0 saturated heterocycles. The first-order chi connectivity index (χ1) is 5.75. The van der Waals surface area contributed by atoms with Crippen molar-refractivity contribution < 1.29 is 10.0 Å². The number of rotatable bonds is 4. The summed E-state index contributed by atoms with van der Waals surface area (Å²) in [5.74, 6) is 0.314. The molecule has 66 valence electrons.